The van der Waals surface area contributed by atoms with Gasteiger partial charge < -0.3 is 15.5 Å². The number of hydrogen-bond donors (Lipinski definition) is 3. The Morgan fingerprint density at radius 1 is 1.14 bits per heavy atom. The van der Waals surface area contributed by atoms with E-state index in [9.17, 15) is 0 Å². The lowest BCUT2D eigenvalue weighted by atomic mass is 10.0. The summed E-state index contributed by atoms with van der Waals surface area (Å²) in [7, 11) is 1.60. The van der Waals surface area contributed by atoms with Crippen molar-refractivity contribution in [2.45, 2.75) is 26.4 Å². The van der Waals surface area contributed by atoms with E-state index in [4.69, 9.17) is 10.6 Å². The van der Waals surface area contributed by atoms with E-state index in [1.807, 2.05) is 12.1 Å². The summed E-state index contributed by atoms with van der Waals surface area (Å²) in [5, 5.41) is 3.24. The van der Waals surface area contributed by atoms with E-state index in [1.165, 1.54) is 5.56 Å². The zero-order chi connectivity index (χ0) is 15.2. The summed E-state index contributed by atoms with van der Waals surface area (Å²) < 4.78 is 5.05. The lowest BCUT2D eigenvalue weighted by Crippen LogP contribution is -2.11. The second-order valence-electron chi connectivity index (χ2n) is 5.03. The van der Waals surface area contributed by atoms with Crippen LogP contribution in [0.4, 0.5) is 17.3 Å². The second-order valence-corrected chi connectivity index (χ2v) is 5.03. The average molecular weight is 287 g/mol. The Labute approximate surface area is 124 Å². The first kappa shape index (κ1) is 15.2. The van der Waals surface area contributed by atoms with Gasteiger partial charge in [0.15, 0.2) is 5.82 Å². The van der Waals surface area contributed by atoms with Crippen LogP contribution in [-0.4, -0.2) is 17.1 Å². The molecule has 4 N–H and O–H groups in total. The molecule has 1 aromatic heterocycles. The maximum Gasteiger partial charge on any atom is 0.158 e. The predicted molar refractivity (Wildman–Crippen MR) is 84.4 cm³/mol. The van der Waals surface area contributed by atoms with Crippen molar-refractivity contribution in [1.82, 2.24) is 9.97 Å². The molecule has 0 saturated carbocycles. The summed E-state index contributed by atoms with van der Waals surface area (Å²) in [6.07, 6.45) is 0. The molecule has 2 rings (SSSR count). The summed E-state index contributed by atoms with van der Waals surface area (Å²) in [5.74, 6) is 7.71. The van der Waals surface area contributed by atoms with Crippen LogP contribution in [-0.2, 0) is 11.3 Å². The minimum absolute atomic E-state index is 0.330. The number of aromatic nitrogens is 2. The van der Waals surface area contributed by atoms with Crippen molar-refractivity contribution in [3.8, 4) is 0 Å². The first-order valence-electron chi connectivity index (χ1n) is 6.83. The van der Waals surface area contributed by atoms with Gasteiger partial charge in [-0.05, 0) is 23.6 Å². The number of nitrogen functional groups attached to an aromatic ring is 1. The zero-order valence-corrected chi connectivity index (χ0v) is 12.6. The van der Waals surface area contributed by atoms with Crippen molar-refractivity contribution in [2.24, 2.45) is 5.84 Å². The van der Waals surface area contributed by atoms with Crippen LogP contribution in [0.1, 0.15) is 31.2 Å². The summed E-state index contributed by atoms with van der Waals surface area (Å²) in [4.78, 5) is 8.59. The Morgan fingerprint density at radius 2 is 1.81 bits per heavy atom. The van der Waals surface area contributed by atoms with Gasteiger partial charge in [-0.25, -0.2) is 15.8 Å². The van der Waals surface area contributed by atoms with Gasteiger partial charge in [0.05, 0.1) is 0 Å². The summed E-state index contributed by atoms with van der Waals surface area (Å²) in [6.45, 7) is 4.67. The van der Waals surface area contributed by atoms with E-state index in [0.29, 0.717) is 30.0 Å². The first-order valence-corrected chi connectivity index (χ1v) is 6.83. The molecule has 6 heteroatoms. The maximum atomic E-state index is 5.42. The number of nitrogens with zero attached hydrogens (tertiary/aromatic N) is 2. The van der Waals surface area contributed by atoms with Gasteiger partial charge in [-0.15, -0.1) is 0 Å². The monoisotopic (exact) mass is 287 g/mol. The lowest BCUT2D eigenvalue weighted by Gasteiger charge is -2.11. The van der Waals surface area contributed by atoms with Gasteiger partial charge in [0.2, 0.25) is 0 Å². The van der Waals surface area contributed by atoms with Crippen LogP contribution in [0.5, 0.6) is 0 Å². The number of anilines is 3. The molecule has 0 unspecified atom stereocenters. The Kier molecular flexibility index (Phi) is 5.08. The summed E-state index contributed by atoms with van der Waals surface area (Å²) in [5.41, 5.74) is 4.79. The molecule has 21 heavy (non-hydrogen) atoms. The Bertz CT molecular complexity index is 583. The van der Waals surface area contributed by atoms with E-state index in [2.05, 4.69) is 46.7 Å². The molecule has 112 valence electrons. The highest BCUT2D eigenvalue weighted by molar-refractivity contribution is 5.59. The zero-order valence-electron chi connectivity index (χ0n) is 12.6. The quantitative estimate of drug-likeness (QED) is 0.559. The Hall–Kier alpha value is -2.18. The molecule has 0 atom stereocenters. The van der Waals surface area contributed by atoms with Crippen molar-refractivity contribution < 1.29 is 4.74 Å². The largest absolute Gasteiger partial charge is 0.377 e. The highest BCUT2D eigenvalue weighted by Gasteiger charge is 2.05. The Morgan fingerprint density at radius 3 is 2.38 bits per heavy atom. The van der Waals surface area contributed by atoms with Gasteiger partial charge in [0, 0.05) is 18.9 Å². The van der Waals surface area contributed by atoms with Crippen molar-refractivity contribution in [1.29, 1.82) is 0 Å². The fourth-order valence-electron chi connectivity index (χ4n) is 1.93. The molecule has 0 spiro atoms. The molecular weight excluding hydrogens is 266 g/mol. The van der Waals surface area contributed by atoms with Crippen LogP contribution in [0, 0.1) is 0 Å². The summed E-state index contributed by atoms with van der Waals surface area (Å²) in [6, 6.07) is 10.0. The van der Waals surface area contributed by atoms with E-state index in [-0.39, 0.29) is 0 Å². The van der Waals surface area contributed by atoms with E-state index < -0.39 is 0 Å². The van der Waals surface area contributed by atoms with Crippen LogP contribution >= 0.6 is 0 Å². The third-order valence-electron chi connectivity index (χ3n) is 3.04. The Balaban J connectivity index is 2.19. The predicted octanol–water partition coefficient (Wildman–Crippen LogP) is 2.78. The minimum atomic E-state index is 0.330. The van der Waals surface area contributed by atoms with E-state index in [1.54, 1.807) is 13.2 Å². The first-order chi connectivity index (χ1) is 10.1. The number of hydrogen-bond acceptors (Lipinski definition) is 6. The van der Waals surface area contributed by atoms with Crippen molar-refractivity contribution in [3.05, 3.63) is 41.7 Å². The molecular formula is C15H21N5O. The number of ether oxygens (including phenoxy) is 1. The van der Waals surface area contributed by atoms with Gasteiger partial charge in [-0.2, -0.15) is 0 Å². The molecule has 1 aromatic carbocycles. The topological polar surface area (TPSA) is 85.1 Å². The van der Waals surface area contributed by atoms with Crippen molar-refractivity contribution in [2.75, 3.05) is 17.9 Å². The van der Waals surface area contributed by atoms with Gasteiger partial charge in [-0.1, -0.05) is 26.0 Å². The standard InChI is InChI=1S/C15H21N5O/c1-10(2)11-4-6-12(7-5-11)17-13-8-14(20-16)19-15(18-13)9-21-3/h4-8,10H,9,16H2,1-3H3,(H2,17,18,19,20). The van der Waals surface area contributed by atoms with Crippen molar-refractivity contribution in [3.63, 3.8) is 0 Å². The maximum absolute atomic E-state index is 5.42. The highest BCUT2D eigenvalue weighted by atomic mass is 16.5. The normalized spacial score (nSPS) is 10.7. The molecule has 0 saturated heterocycles. The number of hydrazine groups is 1. The molecule has 2 aromatic rings. The van der Waals surface area contributed by atoms with Gasteiger partial charge in [0.1, 0.15) is 18.2 Å². The summed E-state index contributed by atoms with van der Waals surface area (Å²) >= 11 is 0. The second kappa shape index (κ2) is 7.01. The number of methoxy groups -OCH3 is 1. The lowest BCUT2D eigenvalue weighted by molar-refractivity contribution is 0.178. The molecule has 0 aliphatic heterocycles. The smallest absolute Gasteiger partial charge is 0.158 e. The molecule has 6 nitrogen and oxygen atoms in total. The average Bonchev–Trinajstić information content (AvgIpc) is 2.48. The number of benzene rings is 1. The van der Waals surface area contributed by atoms with E-state index >= 15 is 0 Å². The molecule has 0 amide bonds. The molecule has 0 radical (unpaired) electrons. The van der Waals surface area contributed by atoms with Gasteiger partial charge in [-0.3, -0.25) is 0 Å². The van der Waals surface area contributed by atoms with Crippen molar-refractivity contribution >= 4 is 17.3 Å². The highest BCUT2D eigenvalue weighted by Crippen LogP contribution is 2.21. The molecule has 0 fully saturated rings. The number of nitrogens with two attached hydrogens (primary N) is 1. The van der Waals surface area contributed by atoms with Crippen LogP contribution in [0.3, 0.4) is 0 Å². The number of nitrogens with one attached hydrogen (secondary N) is 2. The molecule has 1 heterocycles. The van der Waals surface area contributed by atoms with E-state index in [0.717, 1.165) is 5.69 Å². The van der Waals surface area contributed by atoms with Crippen LogP contribution in [0.25, 0.3) is 0 Å². The van der Waals surface area contributed by atoms with Crippen LogP contribution < -0.4 is 16.6 Å². The fraction of sp³-hybridized carbons (Fsp3) is 0.333. The third-order valence-corrected chi connectivity index (χ3v) is 3.04. The SMILES string of the molecule is COCc1nc(NN)cc(Nc2ccc(C(C)C)cc2)n1. The van der Waals surface area contributed by atoms with Crippen LogP contribution in [0.2, 0.25) is 0 Å². The van der Waals surface area contributed by atoms with Gasteiger partial charge >= 0.3 is 0 Å². The number of rotatable bonds is 6. The third kappa shape index (κ3) is 4.14. The fourth-order valence-corrected chi connectivity index (χ4v) is 1.93. The molecule has 0 bridgehead atoms. The minimum Gasteiger partial charge on any atom is -0.377 e. The molecule has 0 aliphatic rings. The van der Waals surface area contributed by atoms with Crippen LogP contribution in [0.15, 0.2) is 30.3 Å². The molecule has 0 aliphatic carbocycles. The van der Waals surface area contributed by atoms with Gasteiger partial charge in [0.25, 0.3) is 0 Å².